The molecule has 0 aliphatic carbocycles. The summed E-state index contributed by atoms with van der Waals surface area (Å²) in [5.74, 6) is 2.86. The first-order valence-corrected chi connectivity index (χ1v) is 11.2. The smallest absolute Gasteiger partial charge is 0.122 e. The number of rotatable bonds is 9. The molecule has 3 nitrogen and oxygen atoms in total. The number of para-hydroxylation sites is 3. The van der Waals surface area contributed by atoms with Gasteiger partial charge in [-0.05, 0) is 53.4 Å². The monoisotopic (exact) mass is 394 g/mol. The second kappa shape index (κ2) is 10.1. The van der Waals surface area contributed by atoms with Gasteiger partial charge in [0.15, 0.2) is 0 Å². The van der Waals surface area contributed by atoms with Gasteiger partial charge in [0.25, 0.3) is 0 Å². The van der Waals surface area contributed by atoms with Gasteiger partial charge >= 0.3 is 0 Å². The third kappa shape index (κ3) is 5.05. The summed E-state index contributed by atoms with van der Waals surface area (Å²) in [6.07, 6.45) is 2.94. The predicted octanol–water partition coefficient (Wildman–Crippen LogP) is 6.09. The molecular weight excluding hydrogens is 367 g/mol. The maximum absolute atomic E-state index is 5.60. The van der Waals surface area contributed by atoms with Gasteiger partial charge in [-0.3, -0.25) is 0 Å². The minimum atomic E-state index is -0.395. The highest BCUT2D eigenvalue weighted by molar-refractivity contribution is 7.55. The van der Waals surface area contributed by atoms with Crippen molar-refractivity contribution in [1.82, 2.24) is 0 Å². The van der Waals surface area contributed by atoms with Crippen molar-refractivity contribution in [3.63, 3.8) is 0 Å². The highest BCUT2D eigenvalue weighted by atomic mass is 31.1. The van der Waals surface area contributed by atoms with Gasteiger partial charge in [0.2, 0.25) is 0 Å². The van der Waals surface area contributed by atoms with Gasteiger partial charge in [0.05, 0.1) is 21.3 Å². The molecule has 0 aromatic heterocycles. The van der Waals surface area contributed by atoms with E-state index in [1.807, 2.05) is 36.4 Å². The molecule has 0 bridgehead atoms. The molecule has 0 saturated heterocycles. The molecule has 0 spiro atoms. The Balaban J connectivity index is 1.91. The minimum absolute atomic E-state index is 0.395. The van der Waals surface area contributed by atoms with Crippen LogP contribution in [0.2, 0.25) is 0 Å². The second-order valence-corrected chi connectivity index (χ2v) is 8.87. The molecule has 0 atom stereocenters. The Morgan fingerprint density at radius 1 is 0.500 bits per heavy atom. The quantitative estimate of drug-likeness (QED) is 0.411. The van der Waals surface area contributed by atoms with Crippen LogP contribution in [0.3, 0.4) is 0 Å². The van der Waals surface area contributed by atoms with Gasteiger partial charge in [-0.2, -0.15) is 0 Å². The maximum Gasteiger partial charge on any atom is 0.122 e. The van der Waals surface area contributed by atoms with Crippen LogP contribution >= 0.6 is 7.92 Å². The van der Waals surface area contributed by atoms with Crippen LogP contribution in [0.4, 0.5) is 0 Å². The molecule has 0 aliphatic heterocycles. The molecule has 0 unspecified atom stereocenters. The minimum Gasteiger partial charge on any atom is -0.496 e. The Morgan fingerprint density at radius 2 is 0.786 bits per heavy atom. The first kappa shape index (κ1) is 20.2. The zero-order valence-corrected chi connectivity index (χ0v) is 17.6. The largest absolute Gasteiger partial charge is 0.496 e. The highest BCUT2D eigenvalue weighted by Crippen LogP contribution is 2.50. The molecule has 3 aromatic rings. The van der Waals surface area contributed by atoms with Crippen LogP contribution < -0.4 is 14.2 Å². The Kier molecular flexibility index (Phi) is 7.33. The molecule has 0 fully saturated rings. The number of ether oxygens (including phenoxy) is 3. The van der Waals surface area contributed by atoms with Crippen LogP contribution in [0.1, 0.15) is 16.7 Å². The lowest BCUT2D eigenvalue weighted by molar-refractivity contribution is 0.410. The average Bonchev–Trinajstić information content (AvgIpc) is 2.75. The lowest BCUT2D eigenvalue weighted by Gasteiger charge is -2.22. The van der Waals surface area contributed by atoms with Gasteiger partial charge in [0.1, 0.15) is 17.2 Å². The van der Waals surface area contributed by atoms with Crippen molar-refractivity contribution < 1.29 is 14.2 Å². The van der Waals surface area contributed by atoms with Crippen LogP contribution in [-0.2, 0) is 18.5 Å². The number of benzene rings is 3. The average molecular weight is 394 g/mol. The van der Waals surface area contributed by atoms with E-state index in [0.717, 1.165) is 35.7 Å². The summed E-state index contributed by atoms with van der Waals surface area (Å²) in [7, 11) is 4.82. The van der Waals surface area contributed by atoms with Crippen LogP contribution in [0.25, 0.3) is 0 Å². The van der Waals surface area contributed by atoms with Crippen molar-refractivity contribution >= 4 is 7.92 Å². The fourth-order valence-electron chi connectivity index (χ4n) is 3.39. The van der Waals surface area contributed by atoms with E-state index in [1.165, 1.54) is 16.7 Å². The summed E-state index contributed by atoms with van der Waals surface area (Å²) < 4.78 is 16.8. The number of hydrogen-bond acceptors (Lipinski definition) is 3. The van der Waals surface area contributed by atoms with Crippen LogP contribution in [0.5, 0.6) is 17.2 Å². The first-order chi connectivity index (χ1) is 13.7. The number of methoxy groups -OCH3 is 3. The van der Waals surface area contributed by atoms with Gasteiger partial charge in [-0.15, -0.1) is 0 Å². The van der Waals surface area contributed by atoms with E-state index in [-0.39, 0.29) is 0 Å². The molecular formula is C24H27O3P. The van der Waals surface area contributed by atoms with E-state index in [2.05, 4.69) is 36.4 Å². The Labute approximate surface area is 169 Å². The topological polar surface area (TPSA) is 27.7 Å². The van der Waals surface area contributed by atoms with Crippen molar-refractivity contribution in [2.45, 2.75) is 18.5 Å². The van der Waals surface area contributed by atoms with E-state index in [1.54, 1.807) is 21.3 Å². The summed E-state index contributed by atoms with van der Waals surface area (Å²) in [4.78, 5) is 0. The Morgan fingerprint density at radius 3 is 1.07 bits per heavy atom. The summed E-state index contributed by atoms with van der Waals surface area (Å²) in [5.41, 5.74) is 3.75. The highest BCUT2D eigenvalue weighted by Gasteiger charge is 2.17. The molecule has 0 heterocycles. The van der Waals surface area contributed by atoms with Gasteiger partial charge in [0, 0.05) is 0 Å². The SMILES string of the molecule is COc1ccccc1CP(Cc1ccccc1OC)Cc1ccccc1OC. The fraction of sp³-hybridized carbons (Fsp3) is 0.250. The number of hydrogen-bond donors (Lipinski definition) is 0. The molecule has 3 rings (SSSR count). The summed E-state index contributed by atoms with van der Waals surface area (Å²) in [6, 6.07) is 24.9. The third-order valence-electron chi connectivity index (χ3n) is 4.76. The zero-order chi connectivity index (χ0) is 19.8. The molecule has 0 N–H and O–H groups in total. The molecule has 3 aromatic carbocycles. The molecule has 28 heavy (non-hydrogen) atoms. The normalized spacial score (nSPS) is 10.7. The molecule has 0 radical (unpaired) electrons. The van der Waals surface area contributed by atoms with Crippen molar-refractivity contribution in [2.75, 3.05) is 21.3 Å². The van der Waals surface area contributed by atoms with Gasteiger partial charge in [-0.1, -0.05) is 62.5 Å². The maximum atomic E-state index is 5.60. The van der Waals surface area contributed by atoms with Gasteiger partial charge < -0.3 is 14.2 Å². The van der Waals surface area contributed by atoms with Crippen LogP contribution in [-0.4, -0.2) is 21.3 Å². The van der Waals surface area contributed by atoms with Gasteiger partial charge in [-0.25, -0.2) is 0 Å². The van der Waals surface area contributed by atoms with Crippen LogP contribution in [0, 0.1) is 0 Å². The lowest BCUT2D eigenvalue weighted by atomic mass is 10.2. The van der Waals surface area contributed by atoms with Crippen LogP contribution in [0.15, 0.2) is 72.8 Å². The molecule has 146 valence electrons. The fourth-order valence-corrected chi connectivity index (χ4v) is 5.96. The summed E-state index contributed by atoms with van der Waals surface area (Å²) in [6.45, 7) is 0. The zero-order valence-electron chi connectivity index (χ0n) is 16.7. The first-order valence-electron chi connectivity index (χ1n) is 9.33. The van der Waals surface area contributed by atoms with E-state index in [9.17, 15) is 0 Å². The Bertz CT molecular complexity index is 777. The predicted molar refractivity (Wildman–Crippen MR) is 117 cm³/mol. The third-order valence-corrected chi connectivity index (χ3v) is 7.12. The molecule has 0 aliphatic rings. The molecule has 4 heteroatoms. The van der Waals surface area contributed by atoms with E-state index in [0.29, 0.717) is 0 Å². The summed E-state index contributed by atoms with van der Waals surface area (Å²) >= 11 is 0. The second-order valence-electron chi connectivity index (χ2n) is 6.58. The standard InChI is InChI=1S/C24H27O3P/c1-25-22-13-7-4-10-19(22)16-28(17-20-11-5-8-14-23(20)26-2)18-21-12-6-9-15-24(21)27-3/h4-15H,16-18H2,1-3H3. The Hall–Kier alpha value is -2.51. The van der Waals surface area contributed by atoms with E-state index >= 15 is 0 Å². The van der Waals surface area contributed by atoms with E-state index < -0.39 is 7.92 Å². The molecule has 0 saturated carbocycles. The van der Waals surface area contributed by atoms with Crippen molar-refractivity contribution in [2.24, 2.45) is 0 Å². The molecule has 0 amide bonds. The van der Waals surface area contributed by atoms with Crippen molar-refractivity contribution in [3.8, 4) is 17.2 Å². The summed E-state index contributed by atoms with van der Waals surface area (Å²) in [5, 5.41) is 0. The lowest BCUT2D eigenvalue weighted by Crippen LogP contribution is -1.99. The van der Waals surface area contributed by atoms with Crippen molar-refractivity contribution in [3.05, 3.63) is 89.5 Å². The van der Waals surface area contributed by atoms with Crippen molar-refractivity contribution in [1.29, 1.82) is 0 Å². The van der Waals surface area contributed by atoms with E-state index in [4.69, 9.17) is 14.2 Å².